The molecule has 0 bridgehead atoms. The molecule has 4 heteroatoms. The van der Waals surface area contributed by atoms with Crippen LogP contribution in [0.2, 0.25) is 0 Å². The van der Waals surface area contributed by atoms with E-state index in [0.29, 0.717) is 6.61 Å². The molecule has 0 saturated carbocycles. The Morgan fingerprint density at radius 3 is 2.59 bits per heavy atom. The average Bonchev–Trinajstić information content (AvgIpc) is 3.37. The van der Waals surface area contributed by atoms with Crippen LogP contribution in [-0.4, -0.2) is 43.1 Å². The standard InChI is InChI=1S/C28H32N2O2/c1-5-15-28(26-29-27(2,3)19-32-26)23-14-10-9-13-21(23)25(31-4)22-17-30(18-24(22)28)16-20-11-7-6-8-12-20/h5-14,24H,1,15-19H2,2-4H3/t24-,28+/m0/s1. The molecule has 3 aliphatic rings. The third-order valence-electron chi connectivity index (χ3n) is 7.06. The molecule has 0 amide bonds. The normalized spacial score (nSPS) is 26.2. The number of ether oxygens (including phenoxy) is 2. The molecule has 2 aromatic carbocycles. The lowest BCUT2D eigenvalue weighted by Gasteiger charge is -2.43. The molecule has 1 saturated heterocycles. The van der Waals surface area contributed by atoms with Crippen LogP contribution >= 0.6 is 0 Å². The number of likely N-dealkylation sites (tertiary alicyclic amines) is 1. The van der Waals surface area contributed by atoms with E-state index >= 15 is 0 Å². The van der Waals surface area contributed by atoms with Crippen molar-refractivity contribution in [1.29, 1.82) is 0 Å². The van der Waals surface area contributed by atoms with Gasteiger partial charge in [-0.3, -0.25) is 4.90 Å². The molecule has 5 rings (SSSR count). The Bertz CT molecular complexity index is 1090. The molecule has 2 aliphatic heterocycles. The van der Waals surface area contributed by atoms with E-state index in [9.17, 15) is 0 Å². The maximum Gasteiger partial charge on any atom is 0.195 e. The summed E-state index contributed by atoms with van der Waals surface area (Å²) in [7, 11) is 1.79. The topological polar surface area (TPSA) is 34.1 Å². The van der Waals surface area contributed by atoms with Gasteiger partial charge in [0.25, 0.3) is 0 Å². The van der Waals surface area contributed by atoms with Crippen LogP contribution in [0.5, 0.6) is 0 Å². The maximum absolute atomic E-state index is 6.37. The Hall–Kier alpha value is -2.85. The number of hydrogen-bond acceptors (Lipinski definition) is 4. The van der Waals surface area contributed by atoms with Gasteiger partial charge in [-0.1, -0.05) is 60.7 Å². The fraction of sp³-hybridized carbons (Fsp3) is 0.393. The molecule has 1 fully saturated rings. The van der Waals surface area contributed by atoms with Gasteiger partial charge in [-0.2, -0.15) is 0 Å². The summed E-state index contributed by atoms with van der Waals surface area (Å²) in [5.74, 6) is 2.09. The van der Waals surface area contributed by atoms with Gasteiger partial charge in [-0.05, 0) is 37.0 Å². The van der Waals surface area contributed by atoms with Gasteiger partial charge in [0, 0.05) is 31.1 Å². The summed E-state index contributed by atoms with van der Waals surface area (Å²) in [6.07, 6.45) is 2.81. The van der Waals surface area contributed by atoms with Gasteiger partial charge in [0.05, 0.1) is 18.1 Å². The van der Waals surface area contributed by atoms with Gasteiger partial charge in [0.15, 0.2) is 5.90 Å². The van der Waals surface area contributed by atoms with Gasteiger partial charge in [-0.25, -0.2) is 4.99 Å². The predicted molar refractivity (Wildman–Crippen MR) is 130 cm³/mol. The first kappa shape index (κ1) is 21.0. The van der Waals surface area contributed by atoms with Crippen molar-refractivity contribution in [3.8, 4) is 0 Å². The quantitative estimate of drug-likeness (QED) is 0.592. The second-order valence-electron chi connectivity index (χ2n) is 9.79. The zero-order chi connectivity index (χ0) is 22.3. The van der Waals surface area contributed by atoms with Crippen LogP contribution in [0.3, 0.4) is 0 Å². The lowest BCUT2D eigenvalue weighted by molar-refractivity contribution is 0.231. The zero-order valence-corrected chi connectivity index (χ0v) is 19.3. The zero-order valence-electron chi connectivity index (χ0n) is 19.3. The first-order valence-electron chi connectivity index (χ1n) is 11.5. The van der Waals surface area contributed by atoms with E-state index in [1.807, 2.05) is 6.08 Å². The molecule has 0 aromatic heterocycles. The molecule has 0 unspecified atom stereocenters. The Morgan fingerprint density at radius 2 is 1.91 bits per heavy atom. The molecule has 32 heavy (non-hydrogen) atoms. The lowest BCUT2D eigenvalue weighted by atomic mass is 9.61. The molecular formula is C28H32N2O2. The van der Waals surface area contributed by atoms with Crippen molar-refractivity contribution in [2.75, 3.05) is 26.8 Å². The van der Waals surface area contributed by atoms with E-state index in [0.717, 1.165) is 43.3 Å². The van der Waals surface area contributed by atoms with Crippen molar-refractivity contribution in [1.82, 2.24) is 4.90 Å². The second kappa shape index (κ2) is 7.93. The SMILES string of the molecule is C=CC[C@@]1(C2=NC(C)(C)CO2)c2ccccc2C(OC)=C2CN(Cc3ccccc3)C[C@@H]21. The number of aliphatic imine (C=N–C) groups is 1. The Kier molecular flexibility index (Phi) is 5.21. The van der Waals surface area contributed by atoms with Gasteiger partial charge in [0.2, 0.25) is 0 Å². The minimum atomic E-state index is -0.366. The number of methoxy groups -OCH3 is 1. The minimum absolute atomic E-state index is 0.216. The van der Waals surface area contributed by atoms with Crippen LogP contribution in [0, 0.1) is 5.92 Å². The number of nitrogens with zero attached hydrogens (tertiary/aromatic N) is 2. The van der Waals surface area contributed by atoms with Crippen LogP contribution in [0.25, 0.3) is 5.76 Å². The van der Waals surface area contributed by atoms with E-state index < -0.39 is 0 Å². The minimum Gasteiger partial charge on any atom is -0.496 e. The van der Waals surface area contributed by atoms with E-state index in [1.54, 1.807) is 7.11 Å². The van der Waals surface area contributed by atoms with E-state index in [4.69, 9.17) is 14.5 Å². The summed E-state index contributed by atoms with van der Waals surface area (Å²) in [6, 6.07) is 19.3. The Labute approximate surface area is 191 Å². The van der Waals surface area contributed by atoms with Crippen LogP contribution in [0.4, 0.5) is 0 Å². The predicted octanol–water partition coefficient (Wildman–Crippen LogP) is 5.21. The highest BCUT2D eigenvalue weighted by molar-refractivity contribution is 5.95. The Balaban J connectivity index is 1.66. The third-order valence-corrected chi connectivity index (χ3v) is 7.06. The third kappa shape index (κ3) is 3.29. The van der Waals surface area contributed by atoms with Crippen molar-refractivity contribution in [2.24, 2.45) is 10.9 Å². The largest absolute Gasteiger partial charge is 0.496 e. The van der Waals surface area contributed by atoms with E-state index in [1.165, 1.54) is 16.7 Å². The number of hydrogen-bond donors (Lipinski definition) is 0. The van der Waals surface area contributed by atoms with Crippen LogP contribution < -0.4 is 0 Å². The molecule has 1 aliphatic carbocycles. The monoisotopic (exact) mass is 428 g/mol. The van der Waals surface area contributed by atoms with Crippen molar-refractivity contribution in [3.63, 3.8) is 0 Å². The molecule has 4 nitrogen and oxygen atoms in total. The van der Waals surface area contributed by atoms with Crippen LogP contribution in [0.1, 0.15) is 37.0 Å². The Morgan fingerprint density at radius 1 is 1.16 bits per heavy atom. The first-order valence-corrected chi connectivity index (χ1v) is 11.5. The fourth-order valence-corrected chi connectivity index (χ4v) is 5.75. The van der Waals surface area contributed by atoms with Crippen molar-refractivity contribution in [3.05, 3.63) is 89.5 Å². The average molecular weight is 429 g/mol. The summed E-state index contributed by atoms with van der Waals surface area (Å²) in [5, 5.41) is 0. The highest BCUT2D eigenvalue weighted by Gasteiger charge is 2.56. The van der Waals surface area contributed by atoms with Crippen molar-refractivity contribution < 1.29 is 9.47 Å². The molecule has 0 radical (unpaired) electrons. The molecule has 2 aromatic rings. The van der Waals surface area contributed by atoms with Gasteiger partial charge in [-0.15, -0.1) is 6.58 Å². The van der Waals surface area contributed by atoms with Gasteiger partial charge in [0.1, 0.15) is 12.4 Å². The summed E-state index contributed by atoms with van der Waals surface area (Å²) < 4.78 is 12.4. The number of rotatable bonds is 6. The van der Waals surface area contributed by atoms with Crippen LogP contribution in [-0.2, 0) is 21.4 Å². The summed E-state index contributed by atoms with van der Waals surface area (Å²) >= 11 is 0. The molecule has 2 heterocycles. The maximum atomic E-state index is 6.37. The summed E-state index contributed by atoms with van der Waals surface area (Å²) in [5.41, 5.74) is 4.48. The highest BCUT2D eigenvalue weighted by Crippen LogP contribution is 2.54. The molecule has 0 N–H and O–H groups in total. The number of benzene rings is 2. The van der Waals surface area contributed by atoms with E-state index in [-0.39, 0.29) is 16.9 Å². The second-order valence-corrected chi connectivity index (χ2v) is 9.79. The van der Waals surface area contributed by atoms with Gasteiger partial charge >= 0.3 is 0 Å². The lowest BCUT2D eigenvalue weighted by Crippen LogP contribution is -2.47. The molecule has 2 atom stereocenters. The molecule has 0 spiro atoms. The van der Waals surface area contributed by atoms with E-state index in [2.05, 4.69) is 79.9 Å². The summed E-state index contributed by atoms with van der Waals surface area (Å²) in [6.45, 7) is 11.8. The highest BCUT2D eigenvalue weighted by atomic mass is 16.5. The number of allylic oxidation sites excluding steroid dienone is 1. The van der Waals surface area contributed by atoms with Crippen molar-refractivity contribution in [2.45, 2.75) is 37.8 Å². The smallest absolute Gasteiger partial charge is 0.195 e. The first-order chi connectivity index (χ1) is 15.5. The molecule has 166 valence electrons. The molecular weight excluding hydrogens is 396 g/mol. The number of fused-ring (bicyclic) bond motifs is 2. The van der Waals surface area contributed by atoms with Crippen LogP contribution in [0.15, 0.2) is 77.8 Å². The fourth-order valence-electron chi connectivity index (χ4n) is 5.75. The van der Waals surface area contributed by atoms with Gasteiger partial charge < -0.3 is 9.47 Å². The van der Waals surface area contributed by atoms with Crippen molar-refractivity contribution >= 4 is 11.7 Å². The summed E-state index contributed by atoms with van der Waals surface area (Å²) in [4.78, 5) is 7.65.